The molecule has 3 atom stereocenters. The topological polar surface area (TPSA) is 72.8 Å². The van der Waals surface area contributed by atoms with Crippen molar-refractivity contribution in [2.75, 3.05) is 12.6 Å². The molecule has 0 aromatic heterocycles. The first kappa shape index (κ1) is 18.5. The number of nitrogens with zero attached hydrogens (tertiary/aromatic N) is 1. The second kappa shape index (κ2) is 10.3. The van der Waals surface area contributed by atoms with E-state index in [2.05, 4.69) is 6.58 Å². The minimum absolute atomic E-state index is 0.0430. The summed E-state index contributed by atoms with van der Waals surface area (Å²) >= 11 is 5.80. The maximum atomic E-state index is 11.0. The van der Waals surface area contributed by atoms with Gasteiger partial charge in [-0.2, -0.15) is 0 Å². The molecule has 0 aromatic rings. The van der Waals surface area contributed by atoms with Crippen molar-refractivity contribution < 1.29 is 14.7 Å². The first-order valence-electron chi connectivity index (χ1n) is 6.33. The van der Waals surface area contributed by atoms with Crippen molar-refractivity contribution in [3.8, 4) is 0 Å². The Hall–Kier alpha value is -0.460. The molecule has 6 heteroatoms. The van der Waals surface area contributed by atoms with Gasteiger partial charge in [-0.3, -0.25) is 0 Å². The molecule has 0 saturated heterocycles. The highest BCUT2D eigenvalue weighted by Crippen LogP contribution is 2.22. The Morgan fingerprint density at radius 3 is 2.68 bits per heavy atom. The summed E-state index contributed by atoms with van der Waals surface area (Å²) in [6.07, 6.45) is 3.35. The van der Waals surface area contributed by atoms with Crippen LogP contribution in [0.5, 0.6) is 0 Å². The third-order valence-corrected chi connectivity index (χ3v) is 3.50. The Morgan fingerprint density at radius 1 is 1.63 bits per heavy atom. The van der Waals surface area contributed by atoms with Crippen LogP contribution in [0.4, 0.5) is 0 Å². The molecule has 0 radical (unpaired) electrons. The molecule has 19 heavy (non-hydrogen) atoms. The number of hydroxylamine groups is 2. The summed E-state index contributed by atoms with van der Waals surface area (Å²) < 4.78 is 5.34. The smallest absolute Gasteiger partial charge is 0.129 e. The second-order valence-electron chi connectivity index (χ2n) is 4.79. The average Bonchev–Trinajstić information content (AvgIpc) is 2.36. The molecule has 0 aliphatic carbocycles. The number of Topliss-reactive ketones (excluding diaryl/α,β-unsaturated/α-hetero) is 1. The maximum Gasteiger partial charge on any atom is 0.129 e. The zero-order valence-electron chi connectivity index (χ0n) is 11.5. The van der Waals surface area contributed by atoms with E-state index < -0.39 is 6.73 Å². The van der Waals surface area contributed by atoms with Gasteiger partial charge in [0.1, 0.15) is 12.5 Å². The number of halogens is 1. The molecule has 0 aromatic carbocycles. The Kier molecular flexibility index (Phi) is 10.1. The fourth-order valence-electron chi connectivity index (χ4n) is 1.74. The first-order valence-corrected chi connectivity index (χ1v) is 6.87. The zero-order valence-corrected chi connectivity index (χ0v) is 12.3. The summed E-state index contributed by atoms with van der Waals surface area (Å²) in [5.41, 5.74) is 0. The van der Waals surface area contributed by atoms with Crippen LogP contribution in [0.1, 0.15) is 33.1 Å². The van der Waals surface area contributed by atoms with Crippen LogP contribution in [0.25, 0.3) is 0 Å². The van der Waals surface area contributed by atoms with E-state index in [9.17, 15) is 10.0 Å². The molecule has 0 saturated carbocycles. The van der Waals surface area contributed by atoms with Crippen molar-refractivity contribution in [3.63, 3.8) is 0 Å². The quantitative estimate of drug-likeness (QED) is 0.274. The summed E-state index contributed by atoms with van der Waals surface area (Å²) in [5.74, 6) is 0.696. The van der Waals surface area contributed by atoms with Crippen LogP contribution in [0, 0.1) is 17.0 Å². The highest BCUT2D eigenvalue weighted by molar-refractivity contribution is 6.18. The molecular formula is C13H23ClNO4-. The third kappa shape index (κ3) is 9.13. The van der Waals surface area contributed by atoms with E-state index in [1.807, 2.05) is 6.92 Å². The minimum atomic E-state index is -0.414. The van der Waals surface area contributed by atoms with Crippen LogP contribution in [0.2, 0.25) is 0 Å². The number of hydrogen-bond donors (Lipinski definition) is 1. The Morgan fingerprint density at radius 2 is 2.26 bits per heavy atom. The van der Waals surface area contributed by atoms with Crippen LogP contribution >= 0.6 is 11.6 Å². The van der Waals surface area contributed by atoms with E-state index in [0.29, 0.717) is 25.1 Å². The van der Waals surface area contributed by atoms with Crippen molar-refractivity contribution in [1.82, 2.24) is 5.23 Å². The summed E-state index contributed by atoms with van der Waals surface area (Å²) in [7, 11) is 0. The van der Waals surface area contributed by atoms with Gasteiger partial charge in [-0.05, 0) is 31.6 Å². The van der Waals surface area contributed by atoms with E-state index in [0.717, 1.165) is 0 Å². The van der Waals surface area contributed by atoms with Crippen molar-refractivity contribution in [3.05, 3.63) is 17.9 Å². The second-order valence-corrected chi connectivity index (χ2v) is 5.10. The molecule has 0 aliphatic rings. The average molecular weight is 293 g/mol. The highest BCUT2D eigenvalue weighted by atomic mass is 35.5. The Balaban J connectivity index is 4.40. The molecule has 1 N–H and O–H groups in total. The molecule has 0 spiro atoms. The fraction of sp³-hybridized carbons (Fsp3) is 0.769. The number of ether oxygens (including phenoxy) is 1. The van der Waals surface area contributed by atoms with Gasteiger partial charge in [-0.1, -0.05) is 13.0 Å². The number of carbonyl (C=O) groups is 1. The number of alkyl halides is 1. The molecule has 0 heterocycles. The standard InChI is InChI=1S/C13H23ClNO4/c1-4-12(6-5-11(3)16)7-13(10(2)8-14)19-9-15(17)18/h4,10,12-13,17H,1,5-9H2,2-3H3/q-1/t10-,12-,13+/m1/s1. The van der Waals surface area contributed by atoms with E-state index in [-0.39, 0.29) is 28.9 Å². The van der Waals surface area contributed by atoms with Gasteiger partial charge in [0.05, 0.1) is 6.10 Å². The molecule has 0 aliphatic heterocycles. The Labute approximate surface area is 119 Å². The largest absolute Gasteiger partial charge is 0.760 e. The highest BCUT2D eigenvalue weighted by Gasteiger charge is 2.21. The predicted molar refractivity (Wildman–Crippen MR) is 74.8 cm³/mol. The van der Waals surface area contributed by atoms with Crippen molar-refractivity contribution >= 4 is 17.4 Å². The van der Waals surface area contributed by atoms with Gasteiger partial charge in [0.2, 0.25) is 0 Å². The Bertz CT molecular complexity index is 273. The normalized spacial score (nSPS) is 16.1. The van der Waals surface area contributed by atoms with Gasteiger partial charge >= 0.3 is 0 Å². The maximum absolute atomic E-state index is 11.0. The van der Waals surface area contributed by atoms with Gasteiger partial charge in [-0.25, -0.2) is 5.23 Å². The van der Waals surface area contributed by atoms with Gasteiger partial charge in [0, 0.05) is 12.3 Å². The van der Waals surface area contributed by atoms with Crippen LogP contribution in [0.15, 0.2) is 12.7 Å². The van der Waals surface area contributed by atoms with Crippen LogP contribution in [0.3, 0.4) is 0 Å². The van der Waals surface area contributed by atoms with E-state index in [4.69, 9.17) is 21.5 Å². The zero-order chi connectivity index (χ0) is 14.8. The SMILES string of the molecule is C=C[C@H](CCC(C)=O)C[C@H](OCN([O-])O)[C@H](C)CCl. The van der Waals surface area contributed by atoms with E-state index in [1.165, 1.54) is 0 Å². The fourth-order valence-corrected chi connectivity index (χ4v) is 1.94. The predicted octanol–water partition coefficient (Wildman–Crippen LogP) is 2.95. The lowest BCUT2D eigenvalue weighted by atomic mass is 9.91. The first-order chi connectivity index (χ1) is 8.90. The van der Waals surface area contributed by atoms with Crippen LogP contribution < -0.4 is 0 Å². The number of ketones is 1. The molecule has 0 bridgehead atoms. The molecular weight excluding hydrogens is 270 g/mol. The molecule has 0 amide bonds. The summed E-state index contributed by atoms with van der Waals surface area (Å²) in [5, 5.41) is 18.8. The third-order valence-electron chi connectivity index (χ3n) is 3.01. The number of allylic oxidation sites excluding steroid dienone is 1. The van der Waals surface area contributed by atoms with E-state index in [1.54, 1.807) is 13.0 Å². The lowest BCUT2D eigenvalue weighted by Gasteiger charge is -2.29. The van der Waals surface area contributed by atoms with Crippen molar-refractivity contribution in [2.45, 2.75) is 39.2 Å². The molecule has 0 rings (SSSR count). The summed E-state index contributed by atoms with van der Waals surface area (Å²) in [4.78, 5) is 11.0. The molecule has 112 valence electrons. The summed E-state index contributed by atoms with van der Waals surface area (Å²) in [6.45, 7) is 6.80. The number of rotatable bonds is 11. The molecule has 5 nitrogen and oxygen atoms in total. The molecule has 0 unspecified atom stereocenters. The number of carbonyl (C=O) groups excluding carboxylic acids is 1. The van der Waals surface area contributed by atoms with Gasteiger partial charge in [0.15, 0.2) is 0 Å². The number of hydrogen-bond acceptors (Lipinski definition) is 5. The summed E-state index contributed by atoms with van der Waals surface area (Å²) in [6, 6.07) is 0. The molecule has 0 fully saturated rings. The minimum Gasteiger partial charge on any atom is -0.760 e. The van der Waals surface area contributed by atoms with Gasteiger partial charge in [0.25, 0.3) is 0 Å². The van der Waals surface area contributed by atoms with Gasteiger partial charge in [-0.15, -0.1) is 18.2 Å². The van der Waals surface area contributed by atoms with E-state index >= 15 is 0 Å². The van der Waals surface area contributed by atoms with Crippen molar-refractivity contribution in [2.24, 2.45) is 11.8 Å². The lowest BCUT2D eigenvalue weighted by Crippen LogP contribution is -2.30. The lowest BCUT2D eigenvalue weighted by molar-refractivity contribution is -0.150. The van der Waals surface area contributed by atoms with Gasteiger partial charge < -0.3 is 19.9 Å². The van der Waals surface area contributed by atoms with Crippen LogP contribution in [-0.2, 0) is 9.53 Å². The van der Waals surface area contributed by atoms with Crippen LogP contribution in [-0.4, -0.2) is 34.9 Å². The van der Waals surface area contributed by atoms with Crippen molar-refractivity contribution in [1.29, 1.82) is 0 Å². The monoisotopic (exact) mass is 292 g/mol.